The fraction of sp³-hybridized carbons (Fsp3) is 0.258. The number of nitrogens with zero attached hydrogens (tertiary/aromatic N) is 2. The fourth-order valence-electron chi connectivity index (χ4n) is 4.73. The summed E-state index contributed by atoms with van der Waals surface area (Å²) in [5, 5.41) is 1.88. The van der Waals surface area contributed by atoms with E-state index in [0.29, 0.717) is 23.3 Å². The predicted molar refractivity (Wildman–Crippen MR) is 147 cm³/mol. The molecule has 1 fully saturated rings. The van der Waals surface area contributed by atoms with Crippen LogP contribution in [0.4, 0.5) is 4.39 Å². The number of ether oxygens (including phenoxy) is 4. The first-order valence-corrected chi connectivity index (χ1v) is 13.0. The quantitative estimate of drug-likeness (QED) is 0.283. The monoisotopic (exact) mass is 560 g/mol. The van der Waals surface area contributed by atoms with E-state index >= 15 is 0 Å². The molecule has 1 saturated heterocycles. The SMILES string of the molecule is COc1ccc2cc(OCC3(C(=O)OCOC(=O)C4=CN(C)C=CC4)CN(C(=O)c4ccc(F)cc4)C3)ccc2c1. The van der Waals surface area contributed by atoms with Gasteiger partial charge in [-0.1, -0.05) is 18.2 Å². The molecule has 0 bridgehead atoms. The van der Waals surface area contributed by atoms with Gasteiger partial charge in [0.2, 0.25) is 6.79 Å². The number of amides is 1. The Morgan fingerprint density at radius 3 is 2.29 bits per heavy atom. The van der Waals surface area contributed by atoms with Gasteiger partial charge in [0.05, 0.1) is 12.7 Å². The van der Waals surface area contributed by atoms with E-state index in [0.717, 1.165) is 16.5 Å². The number of allylic oxidation sites excluding steroid dienone is 1. The van der Waals surface area contributed by atoms with Crippen LogP contribution in [0.5, 0.6) is 11.5 Å². The van der Waals surface area contributed by atoms with Gasteiger partial charge in [0, 0.05) is 38.3 Å². The topological polar surface area (TPSA) is 94.6 Å². The smallest absolute Gasteiger partial charge is 0.338 e. The van der Waals surface area contributed by atoms with Crippen molar-refractivity contribution in [3.63, 3.8) is 0 Å². The summed E-state index contributed by atoms with van der Waals surface area (Å²) in [7, 11) is 3.39. The van der Waals surface area contributed by atoms with Crippen LogP contribution in [0.25, 0.3) is 10.8 Å². The zero-order chi connectivity index (χ0) is 29.0. The highest BCUT2D eigenvalue weighted by Gasteiger charge is 2.53. The minimum Gasteiger partial charge on any atom is -0.497 e. The molecule has 0 N–H and O–H groups in total. The van der Waals surface area contributed by atoms with Crippen LogP contribution < -0.4 is 9.47 Å². The Morgan fingerprint density at radius 2 is 1.61 bits per heavy atom. The molecule has 2 aliphatic rings. The first kappa shape index (κ1) is 27.7. The summed E-state index contributed by atoms with van der Waals surface area (Å²) in [6.07, 6.45) is 5.69. The van der Waals surface area contributed by atoms with Crippen molar-refractivity contribution in [1.82, 2.24) is 9.80 Å². The van der Waals surface area contributed by atoms with Crippen molar-refractivity contribution >= 4 is 28.6 Å². The van der Waals surface area contributed by atoms with E-state index < -0.39 is 30.0 Å². The lowest BCUT2D eigenvalue weighted by atomic mass is 9.80. The van der Waals surface area contributed by atoms with Crippen molar-refractivity contribution in [2.45, 2.75) is 6.42 Å². The molecule has 9 nitrogen and oxygen atoms in total. The van der Waals surface area contributed by atoms with Crippen LogP contribution >= 0.6 is 0 Å². The van der Waals surface area contributed by atoms with Crippen molar-refractivity contribution in [3.8, 4) is 11.5 Å². The Morgan fingerprint density at radius 1 is 0.927 bits per heavy atom. The van der Waals surface area contributed by atoms with Gasteiger partial charge in [0.25, 0.3) is 5.91 Å². The number of carbonyl (C=O) groups excluding carboxylic acids is 3. The number of likely N-dealkylation sites (tertiary alicyclic amines) is 1. The Bertz CT molecular complexity index is 1530. The first-order chi connectivity index (χ1) is 19.8. The Hall–Kier alpha value is -4.86. The second-order valence-corrected chi connectivity index (χ2v) is 10.0. The van der Waals surface area contributed by atoms with Crippen molar-refractivity contribution in [3.05, 3.63) is 96.1 Å². The van der Waals surface area contributed by atoms with E-state index in [1.807, 2.05) is 42.6 Å². The van der Waals surface area contributed by atoms with Crippen LogP contribution in [0.3, 0.4) is 0 Å². The lowest BCUT2D eigenvalue weighted by Gasteiger charge is -2.47. The Kier molecular flexibility index (Phi) is 7.91. The molecule has 0 aliphatic carbocycles. The minimum absolute atomic E-state index is 0.0154. The Balaban J connectivity index is 1.26. The highest BCUT2D eigenvalue weighted by atomic mass is 19.1. The molecular formula is C31H29FN2O7. The number of methoxy groups -OCH3 is 1. The zero-order valence-corrected chi connectivity index (χ0v) is 22.7. The molecule has 212 valence electrons. The molecule has 1 amide bonds. The van der Waals surface area contributed by atoms with Gasteiger partial charge in [-0.2, -0.15) is 0 Å². The summed E-state index contributed by atoms with van der Waals surface area (Å²) in [6.45, 7) is -0.619. The molecule has 10 heteroatoms. The van der Waals surface area contributed by atoms with E-state index in [1.165, 1.54) is 29.2 Å². The minimum atomic E-state index is -1.19. The van der Waals surface area contributed by atoms with E-state index in [1.54, 1.807) is 31.3 Å². The number of hydrogen-bond acceptors (Lipinski definition) is 8. The van der Waals surface area contributed by atoms with E-state index in [4.69, 9.17) is 18.9 Å². The number of carbonyl (C=O) groups is 3. The maximum atomic E-state index is 13.3. The van der Waals surface area contributed by atoms with Crippen LogP contribution in [0.15, 0.2) is 84.7 Å². The van der Waals surface area contributed by atoms with Gasteiger partial charge in [-0.05, 0) is 65.5 Å². The maximum absolute atomic E-state index is 13.3. The number of rotatable bonds is 9. The summed E-state index contributed by atoms with van der Waals surface area (Å²) in [5.74, 6) is -0.780. The molecule has 0 atom stereocenters. The molecule has 0 radical (unpaired) electrons. The molecule has 2 heterocycles. The standard InChI is InChI=1S/C31H29FN2O7/c1-33-13-3-4-24(16-33)29(36)40-20-41-30(37)31(17-34(18-31)28(35)21-5-9-25(32)10-6-21)19-39-27-12-8-22-14-26(38-2)11-7-23(22)15-27/h3,5-16H,4,17-20H2,1-2H3. The van der Waals surface area contributed by atoms with Crippen LogP contribution in [-0.2, 0) is 19.1 Å². The number of hydrogen-bond donors (Lipinski definition) is 0. The predicted octanol–water partition coefficient (Wildman–Crippen LogP) is 4.29. The summed E-state index contributed by atoms with van der Waals surface area (Å²) in [6, 6.07) is 16.4. The molecule has 3 aromatic carbocycles. The van der Waals surface area contributed by atoms with E-state index in [-0.39, 0.29) is 25.6 Å². The van der Waals surface area contributed by atoms with Crippen LogP contribution in [0.1, 0.15) is 16.8 Å². The number of fused-ring (bicyclic) bond motifs is 1. The molecule has 0 aromatic heterocycles. The largest absolute Gasteiger partial charge is 0.497 e. The highest BCUT2D eigenvalue weighted by Crippen LogP contribution is 2.35. The third kappa shape index (κ3) is 6.16. The lowest BCUT2D eigenvalue weighted by Crippen LogP contribution is -2.65. The lowest BCUT2D eigenvalue weighted by molar-refractivity contribution is -0.182. The number of benzene rings is 3. The molecule has 2 aliphatic heterocycles. The van der Waals surface area contributed by atoms with Crippen LogP contribution in [0, 0.1) is 11.2 Å². The van der Waals surface area contributed by atoms with Crippen molar-refractivity contribution in [2.75, 3.05) is 40.6 Å². The second kappa shape index (κ2) is 11.7. The number of halogens is 1. The summed E-state index contributed by atoms with van der Waals surface area (Å²) in [4.78, 5) is 41.8. The number of esters is 2. The summed E-state index contributed by atoms with van der Waals surface area (Å²) in [5.41, 5.74) is -0.463. The summed E-state index contributed by atoms with van der Waals surface area (Å²) >= 11 is 0. The molecule has 0 spiro atoms. The molecule has 3 aromatic rings. The first-order valence-electron chi connectivity index (χ1n) is 13.0. The molecule has 41 heavy (non-hydrogen) atoms. The van der Waals surface area contributed by atoms with E-state index in [9.17, 15) is 18.8 Å². The molecule has 5 rings (SSSR count). The molecule has 0 saturated carbocycles. The van der Waals surface area contributed by atoms with Gasteiger partial charge in [-0.3, -0.25) is 9.59 Å². The van der Waals surface area contributed by atoms with Gasteiger partial charge in [-0.25, -0.2) is 9.18 Å². The average molecular weight is 561 g/mol. The van der Waals surface area contributed by atoms with Gasteiger partial charge in [0.15, 0.2) is 0 Å². The normalized spacial score (nSPS) is 15.5. The third-order valence-electron chi connectivity index (χ3n) is 7.01. The van der Waals surface area contributed by atoms with Crippen molar-refractivity contribution < 1.29 is 37.7 Å². The maximum Gasteiger partial charge on any atom is 0.338 e. The molecular weight excluding hydrogens is 531 g/mol. The van der Waals surface area contributed by atoms with Crippen LogP contribution in [-0.4, -0.2) is 68.3 Å². The molecule has 0 unspecified atom stereocenters. The van der Waals surface area contributed by atoms with Gasteiger partial charge in [-0.15, -0.1) is 0 Å². The van der Waals surface area contributed by atoms with Gasteiger partial charge < -0.3 is 28.7 Å². The average Bonchev–Trinajstić information content (AvgIpc) is 2.96. The van der Waals surface area contributed by atoms with Crippen LogP contribution in [0.2, 0.25) is 0 Å². The summed E-state index contributed by atoms with van der Waals surface area (Å²) < 4.78 is 35.2. The zero-order valence-electron chi connectivity index (χ0n) is 22.7. The Labute approximate surface area is 236 Å². The van der Waals surface area contributed by atoms with Gasteiger partial charge in [0.1, 0.15) is 29.3 Å². The highest BCUT2D eigenvalue weighted by molar-refractivity contribution is 5.96. The van der Waals surface area contributed by atoms with E-state index in [2.05, 4.69) is 0 Å². The fourth-order valence-corrected chi connectivity index (χ4v) is 4.73. The van der Waals surface area contributed by atoms with Crippen molar-refractivity contribution in [1.29, 1.82) is 0 Å². The van der Waals surface area contributed by atoms with Gasteiger partial charge >= 0.3 is 11.9 Å². The third-order valence-corrected chi connectivity index (χ3v) is 7.01. The second-order valence-electron chi connectivity index (χ2n) is 10.0. The van der Waals surface area contributed by atoms with Crippen molar-refractivity contribution in [2.24, 2.45) is 5.41 Å².